The van der Waals surface area contributed by atoms with Crippen molar-refractivity contribution in [3.8, 4) is 5.75 Å². The molecule has 1 aliphatic rings. The van der Waals surface area contributed by atoms with E-state index in [9.17, 15) is 4.79 Å². The van der Waals surface area contributed by atoms with Crippen LogP contribution in [0.2, 0.25) is 10.0 Å². The number of rotatable bonds is 3. The van der Waals surface area contributed by atoms with Gasteiger partial charge in [-0.3, -0.25) is 4.79 Å². The predicted molar refractivity (Wildman–Crippen MR) is 84.4 cm³/mol. The van der Waals surface area contributed by atoms with Crippen LogP contribution >= 0.6 is 23.2 Å². The third-order valence-electron chi connectivity index (χ3n) is 3.33. The van der Waals surface area contributed by atoms with Crippen molar-refractivity contribution in [1.82, 2.24) is 0 Å². The van der Waals surface area contributed by atoms with Gasteiger partial charge in [0.05, 0.1) is 13.0 Å². The Morgan fingerprint density at radius 2 is 2.05 bits per heavy atom. The van der Waals surface area contributed by atoms with Gasteiger partial charge in [0, 0.05) is 22.2 Å². The van der Waals surface area contributed by atoms with Crippen molar-refractivity contribution in [3.05, 3.63) is 57.6 Å². The van der Waals surface area contributed by atoms with Crippen molar-refractivity contribution in [1.29, 1.82) is 0 Å². The number of carbonyl (C=O) groups excluding carboxylic acids is 1. The minimum Gasteiger partial charge on any atom is -0.493 e. The van der Waals surface area contributed by atoms with E-state index in [2.05, 4.69) is 5.32 Å². The molecule has 0 aliphatic carbocycles. The van der Waals surface area contributed by atoms with Crippen LogP contribution in [0.5, 0.6) is 5.75 Å². The Balaban J connectivity index is 1.70. The number of ether oxygens (including phenoxy) is 1. The van der Waals surface area contributed by atoms with Crippen LogP contribution in [-0.2, 0) is 17.6 Å². The van der Waals surface area contributed by atoms with Crippen LogP contribution in [0.15, 0.2) is 36.4 Å². The topological polar surface area (TPSA) is 38.3 Å². The standard InChI is InChI=1S/C16H13Cl2NO2/c17-12-1-3-14(18)11(7-12)9-16(20)19-13-2-4-15-10(8-13)5-6-21-15/h1-4,7-8H,5-6,9H2,(H,19,20). The molecular weight excluding hydrogens is 309 g/mol. The molecule has 0 spiro atoms. The van der Waals surface area contributed by atoms with E-state index in [4.69, 9.17) is 27.9 Å². The fourth-order valence-corrected chi connectivity index (χ4v) is 2.70. The summed E-state index contributed by atoms with van der Waals surface area (Å²) in [6.07, 6.45) is 1.06. The molecule has 2 aromatic carbocycles. The number of nitrogens with one attached hydrogen (secondary N) is 1. The van der Waals surface area contributed by atoms with E-state index >= 15 is 0 Å². The van der Waals surface area contributed by atoms with Crippen LogP contribution in [0, 0.1) is 0 Å². The Morgan fingerprint density at radius 3 is 2.90 bits per heavy atom. The molecule has 5 heteroatoms. The Morgan fingerprint density at radius 1 is 1.19 bits per heavy atom. The largest absolute Gasteiger partial charge is 0.493 e. The molecule has 1 N–H and O–H groups in total. The van der Waals surface area contributed by atoms with Crippen LogP contribution in [-0.4, -0.2) is 12.5 Å². The Bertz CT molecular complexity index is 701. The summed E-state index contributed by atoms with van der Waals surface area (Å²) in [7, 11) is 0. The second-order valence-electron chi connectivity index (χ2n) is 4.88. The molecule has 3 rings (SSSR count). The molecule has 3 nitrogen and oxygen atoms in total. The molecule has 108 valence electrons. The predicted octanol–water partition coefficient (Wildman–Crippen LogP) is 4.11. The van der Waals surface area contributed by atoms with Gasteiger partial charge in [0.15, 0.2) is 0 Å². The summed E-state index contributed by atoms with van der Waals surface area (Å²) in [6.45, 7) is 0.699. The zero-order valence-electron chi connectivity index (χ0n) is 11.2. The van der Waals surface area contributed by atoms with Gasteiger partial charge in [-0.1, -0.05) is 23.2 Å². The fourth-order valence-electron chi connectivity index (χ4n) is 2.32. The van der Waals surface area contributed by atoms with Gasteiger partial charge in [0.2, 0.25) is 5.91 Å². The number of fused-ring (bicyclic) bond motifs is 1. The van der Waals surface area contributed by atoms with Crippen molar-refractivity contribution >= 4 is 34.8 Å². The highest BCUT2D eigenvalue weighted by Crippen LogP contribution is 2.28. The lowest BCUT2D eigenvalue weighted by atomic mass is 10.1. The summed E-state index contributed by atoms with van der Waals surface area (Å²) in [5.74, 6) is 0.768. The summed E-state index contributed by atoms with van der Waals surface area (Å²) in [6, 6.07) is 10.8. The lowest BCUT2D eigenvalue weighted by molar-refractivity contribution is -0.115. The molecular formula is C16H13Cl2NO2. The number of hydrogen-bond donors (Lipinski definition) is 1. The second kappa shape index (κ2) is 5.96. The van der Waals surface area contributed by atoms with Crippen molar-refractivity contribution in [2.45, 2.75) is 12.8 Å². The van der Waals surface area contributed by atoms with Gasteiger partial charge in [0.25, 0.3) is 0 Å². The monoisotopic (exact) mass is 321 g/mol. The fraction of sp³-hybridized carbons (Fsp3) is 0.188. The van der Waals surface area contributed by atoms with Gasteiger partial charge >= 0.3 is 0 Å². The Labute approximate surface area is 132 Å². The number of anilines is 1. The summed E-state index contributed by atoms with van der Waals surface area (Å²) in [5, 5.41) is 3.98. The molecule has 0 aromatic heterocycles. The molecule has 1 heterocycles. The first kappa shape index (κ1) is 14.2. The van der Waals surface area contributed by atoms with Crippen molar-refractivity contribution in [2.75, 3.05) is 11.9 Å². The minimum atomic E-state index is -0.127. The number of benzene rings is 2. The van der Waals surface area contributed by atoms with Crippen LogP contribution in [0.3, 0.4) is 0 Å². The van der Waals surface area contributed by atoms with E-state index < -0.39 is 0 Å². The molecule has 0 bridgehead atoms. The van der Waals surface area contributed by atoms with Crippen LogP contribution < -0.4 is 10.1 Å². The van der Waals surface area contributed by atoms with Crippen LogP contribution in [0.4, 0.5) is 5.69 Å². The van der Waals surface area contributed by atoms with E-state index in [1.807, 2.05) is 18.2 Å². The highest BCUT2D eigenvalue weighted by Gasteiger charge is 2.13. The molecule has 1 aliphatic heterocycles. The molecule has 0 fully saturated rings. The van der Waals surface area contributed by atoms with Crippen LogP contribution in [0.25, 0.3) is 0 Å². The molecule has 21 heavy (non-hydrogen) atoms. The maximum Gasteiger partial charge on any atom is 0.228 e. The van der Waals surface area contributed by atoms with Gasteiger partial charge in [-0.05, 0) is 47.5 Å². The second-order valence-corrected chi connectivity index (χ2v) is 5.73. The third-order valence-corrected chi connectivity index (χ3v) is 3.94. The maximum absolute atomic E-state index is 12.1. The molecule has 0 saturated heterocycles. The smallest absolute Gasteiger partial charge is 0.228 e. The quantitative estimate of drug-likeness (QED) is 0.923. The first-order valence-corrected chi connectivity index (χ1v) is 7.37. The van der Waals surface area contributed by atoms with E-state index in [1.54, 1.807) is 18.2 Å². The molecule has 0 atom stereocenters. The van der Waals surface area contributed by atoms with Crippen molar-refractivity contribution < 1.29 is 9.53 Å². The highest BCUT2D eigenvalue weighted by atomic mass is 35.5. The highest BCUT2D eigenvalue weighted by molar-refractivity contribution is 6.33. The maximum atomic E-state index is 12.1. The van der Waals surface area contributed by atoms with Gasteiger partial charge < -0.3 is 10.1 Å². The number of halogens is 2. The third kappa shape index (κ3) is 3.31. The summed E-state index contributed by atoms with van der Waals surface area (Å²) in [4.78, 5) is 12.1. The van der Waals surface area contributed by atoms with Gasteiger partial charge in [-0.15, -0.1) is 0 Å². The Hall–Kier alpha value is -1.71. The van der Waals surface area contributed by atoms with Crippen molar-refractivity contribution in [2.24, 2.45) is 0 Å². The van der Waals surface area contributed by atoms with E-state index in [0.29, 0.717) is 22.2 Å². The summed E-state index contributed by atoms with van der Waals surface area (Å²) < 4.78 is 5.44. The SMILES string of the molecule is O=C(Cc1cc(Cl)ccc1Cl)Nc1ccc2c(c1)CCO2. The zero-order valence-corrected chi connectivity index (χ0v) is 12.7. The Kier molecular flexibility index (Phi) is 4.04. The minimum absolute atomic E-state index is 0.127. The van der Waals surface area contributed by atoms with Crippen LogP contribution in [0.1, 0.15) is 11.1 Å². The van der Waals surface area contributed by atoms with E-state index in [-0.39, 0.29) is 12.3 Å². The summed E-state index contributed by atoms with van der Waals surface area (Å²) in [5.41, 5.74) is 2.60. The molecule has 2 aromatic rings. The number of carbonyl (C=O) groups is 1. The van der Waals surface area contributed by atoms with Gasteiger partial charge in [-0.2, -0.15) is 0 Å². The first-order valence-electron chi connectivity index (χ1n) is 6.61. The zero-order chi connectivity index (χ0) is 14.8. The molecule has 0 unspecified atom stereocenters. The summed E-state index contributed by atoms with van der Waals surface area (Å²) >= 11 is 12.0. The normalized spacial score (nSPS) is 12.7. The average Bonchev–Trinajstić information content (AvgIpc) is 2.90. The first-order chi connectivity index (χ1) is 10.1. The van der Waals surface area contributed by atoms with E-state index in [0.717, 1.165) is 23.4 Å². The molecule has 0 radical (unpaired) electrons. The lowest BCUT2D eigenvalue weighted by Crippen LogP contribution is -2.14. The molecule has 0 saturated carbocycles. The van der Waals surface area contributed by atoms with E-state index in [1.165, 1.54) is 0 Å². The lowest BCUT2D eigenvalue weighted by Gasteiger charge is -2.08. The van der Waals surface area contributed by atoms with Crippen molar-refractivity contribution in [3.63, 3.8) is 0 Å². The number of hydrogen-bond acceptors (Lipinski definition) is 2. The van der Waals surface area contributed by atoms with Gasteiger partial charge in [0.1, 0.15) is 5.75 Å². The van der Waals surface area contributed by atoms with Gasteiger partial charge in [-0.25, -0.2) is 0 Å². The number of amides is 1. The average molecular weight is 322 g/mol. The molecule has 1 amide bonds.